The number of rotatable bonds is 13. The Labute approximate surface area is 208 Å². The van der Waals surface area contributed by atoms with Crippen LogP contribution in [0.3, 0.4) is 0 Å². The van der Waals surface area contributed by atoms with Gasteiger partial charge in [-0.2, -0.15) is 5.22 Å². The van der Waals surface area contributed by atoms with E-state index in [1.54, 1.807) is 6.07 Å². The molecule has 3 N–H and O–H groups in total. The molecule has 0 atom stereocenters. The topological polar surface area (TPSA) is 97.3 Å². The first-order chi connectivity index (χ1) is 17.2. The highest BCUT2D eigenvalue weighted by Gasteiger charge is 2.07. The van der Waals surface area contributed by atoms with Crippen LogP contribution in [0.15, 0.2) is 89.0 Å². The Balaban J connectivity index is 1.66. The lowest BCUT2D eigenvalue weighted by atomic mass is 10.0. The van der Waals surface area contributed by atoms with Crippen molar-refractivity contribution in [2.45, 2.75) is 58.9 Å². The van der Waals surface area contributed by atoms with Crippen LogP contribution in [0.2, 0.25) is 0 Å². The van der Waals surface area contributed by atoms with Gasteiger partial charge in [-0.3, -0.25) is 4.98 Å². The van der Waals surface area contributed by atoms with Crippen LogP contribution in [0.4, 0.5) is 0 Å². The van der Waals surface area contributed by atoms with Gasteiger partial charge in [0.25, 0.3) is 0 Å². The lowest BCUT2D eigenvalue weighted by Gasteiger charge is -2.14. The zero-order valence-electron chi connectivity index (χ0n) is 20.7. The zero-order valence-corrected chi connectivity index (χ0v) is 20.7. The van der Waals surface area contributed by atoms with Crippen LogP contribution < -0.4 is 5.32 Å². The van der Waals surface area contributed by atoms with Crippen molar-refractivity contribution in [1.82, 2.24) is 10.3 Å². The SMILES string of the molecule is CCCC/C(=C/CCc1ccccc1CC)NCc1ccc(-c2ccccc2/C([NH-])=N/N=N)nc1. The fourth-order valence-corrected chi connectivity index (χ4v) is 4.10. The van der Waals surface area contributed by atoms with Crippen molar-refractivity contribution in [2.75, 3.05) is 0 Å². The Morgan fingerprint density at radius 3 is 2.51 bits per heavy atom. The maximum atomic E-state index is 8.04. The largest absolute Gasteiger partial charge is 0.480 e. The maximum absolute atomic E-state index is 8.04. The van der Waals surface area contributed by atoms with E-state index in [-0.39, 0.29) is 5.84 Å². The van der Waals surface area contributed by atoms with Gasteiger partial charge in [0, 0.05) is 24.0 Å². The molecule has 6 heteroatoms. The second-order valence-electron chi connectivity index (χ2n) is 8.49. The van der Waals surface area contributed by atoms with Crippen LogP contribution in [0.25, 0.3) is 17.0 Å². The number of aryl methyl sites for hydroxylation is 2. The summed E-state index contributed by atoms with van der Waals surface area (Å²) in [7, 11) is 0. The fourth-order valence-electron chi connectivity index (χ4n) is 4.10. The van der Waals surface area contributed by atoms with Crippen LogP contribution >= 0.6 is 0 Å². The third kappa shape index (κ3) is 7.60. The molecule has 0 amide bonds. The Morgan fingerprint density at radius 2 is 1.80 bits per heavy atom. The molecule has 0 aliphatic carbocycles. The molecule has 0 saturated heterocycles. The molecule has 0 unspecified atom stereocenters. The molecule has 0 saturated carbocycles. The number of nitrogens with one attached hydrogen (secondary N) is 3. The van der Waals surface area contributed by atoms with Gasteiger partial charge in [0.05, 0.1) is 5.69 Å². The van der Waals surface area contributed by atoms with E-state index in [9.17, 15) is 0 Å². The van der Waals surface area contributed by atoms with Crippen LogP contribution in [0.5, 0.6) is 0 Å². The van der Waals surface area contributed by atoms with Gasteiger partial charge in [-0.15, -0.1) is 0 Å². The minimum Gasteiger partial charge on any atom is -0.480 e. The number of aromatic nitrogens is 1. The number of hydrogen-bond acceptors (Lipinski definition) is 4. The van der Waals surface area contributed by atoms with Gasteiger partial charge in [0.15, 0.2) is 0 Å². The molecule has 1 aromatic heterocycles. The molecule has 0 aliphatic rings. The Morgan fingerprint density at radius 1 is 1.03 bits per heavy atom. The standard InChI is InChI=1S/C29H35N6/c1-3-5-14-25(15-10-13-24-12-7-6-11-23(24)4-2)32-20-22-18-19-28(33-21-22)26-16-8-9-17-27(26)29(30)34-35-31/h6-9,11-12,15-19,21,32H,3-5,10,13-14,20H2,1-2H3,(H2-,30,31,34)/q-1/b25-15-. The summed E-state index contributed by atoms with van der Waals surface area (Å²) >= 11 is 0. The van der Waals surface area contributed by atoms with Gasteiger partial charge >= 0.3 is 0 Å². The number of amidine groups is 1. The van der Waals surface area contributed by atoms with E-state index >= 15 is 0 Å². The molecule has 0 spiro atoms. The van der Waals surface area contributed by atoms with Crippen molar-refractivity contribution in [1.29, 1.82) is 5.53 Å². The number of unbranched alkanes of at least 4 members (excludes halogenated alkanes) is 1. The molecule has 182 valence electrons. The van der Waals surface area contributed by atoms with E-state index in [4.69, 9.17) is 11.3 Å². The molecule has 0 bridgehead atoms. The molecule has 2 aromatic carbocycles. The first-order valence-electron chi connectivity index (χ1n) is 12.4. The smallest absolute Gasteiger partial charge is 0.0708 e. The van der Waals surface area contributed by atoms with Crippen molar-refractivity contribution in [3.8, 4) is 11.3 Å². The highest BCUT2D eigenvalue weighted by Crippen LogP contribution is 2.23. The van der Waals surface area contributed by atoms with Crippen molar-refractivity contribution in [2.24, 2.45) is 10.3 Å². The normalized spacial score (nSPS) is 11.9. The van der Waals surface area contributed by atoms with Gasteiger partial charge in [-0.25, -0.2) is 5.53 Å². The van der Waals surface area contributed by atoms with E-state index in [0.29, 0.717) is 5.56 Å². The van der Waals surface area contributed by atoms with E-state index in [1.165, 1.54) is 29.7 Å². The molecule has 0 radical (unpaired) electrons. The first-order valence-corrected chi connectivity index (χ1v) is 12.4. The Bertz CT molecular complexity index is 1150. The van der Waals surface area contributed by atoms with Crippen molar-refractivity contribution in [3.63, 3.8) is 0 Å². The van der Waals surface area contributed by atoms with Crippen LogP contribution in [0, 0.1) is 5.53 Å². The minimum absolute atomic E-state index is 0.0459. The quantitative estimate of drug-likeness (QED) is 0.116. The van der Waals surface area contributed by atoms with Crippen LogP contribution in [0.1, 0.15) is 61.8 Å². The fraction of sp³-hybridized carbons (Fsp3) is 0.310. The predicted molar refractivity (Wildman–Crippen MR) is 144 cm³/mol. The molecule has 6 nitrogen and oxygen atoms in total. The van der Waals surface area contributed by atoms with E-state index in [1.807, 2.05) is 30.5 Å². The number of benzene rings is 2. The van der Waals surface area contributed by atoms with Gasteiger partial charge in [0.2, 0.25) is 0 Å². The minimum atomic E-state index is -0.0459. The van der Waals surface area contributed by atoms with Gasteiger partial charge < -0.3 is 16.2 Å². The maximum Gasteiger partial charge on any atom is 0.0708 e. The van der Waals surface area contributed by atoms with Crippen LogP contribution in [-0.4, -0.2) is 10.8 Å². The second-order valence-corrected chi connectivity index (χ2v) is 8.49. The first kappa shape index (κ1) is 25.8. The highest BCUT2D eigenvalue weighted by molar-refractivity contribution is 6.09. The number of nitrogens with zero attached hydrogens (tertiary/aromatic N) is 3. The summed E-state index contributed by atoms with van der Waals surface area (Å²) in [6, 6.07) is 20.2. The third-order valence-electron chi connectivity index (χ3n) is 6.06. The summed E-state index contributed by atoms with van der Waals surface area (Å²) in [5, 5.41) is 10.2. The molecule has 1 heterocycles. The molecule has 3 aromatic rings. The molecule has 0 fully saturated rings. The second kappa shape index (κ2) is 13.8. The summed E-state index contributed by atoms with van der Waals surface area (Å²) in [4.78, 5) is 4.64. The number of pyridine rings is 1. The lowest BCUT2D eigenvalue weighted by Crippen LogP contribution is -2.13. The van der Waals surface area contributed by atoms with E-state index in [2.05, 4.69) is 70.9 Å². The number of hydrogen-bond donors (Lipinski definition) is 2. The summed E-state index contributed by atoms with van der Waals surface area (Å²) in [6.07, 6.45) is 10.8. The van der Waals surface area contributed by atoms with Crippen molar-refractivity contribution in [3.05, 3.63) is 107 Å². The summed E-state index contributed by atoms with van der Waals surface area (Å²) in [6.45, 7) is 5.16. The number of allylic oxidation sites excluding steroid dienone is 2. The Kier molecular flexibility index (Phi) is 10.2. The Hall–Kier alpha value is -3.80. The average molecular weight is 468 g/mol. The van der Waals surface area contributed by atoms with Crippen molar-refractivity contribution >= 4 is 5.84 Å². The summed E-state index contributed by atoms with van der Waals surface area (Å²) < 4.78 is 0. The van der Waals surface area contributed by atoms with E-state index in [0.717, 1.165) is 49.0 Å². The highest BCUT2D eigenvalue weighted by atomic mass is 15.3. The van der Waals surface area contributed by atoms with Crippen LogP contribution in [-0.2, 0) is 19.4 Å². The summed E-state index contributed by atoms with van der Waals surface area (Å²) in [5.41, 5.74) is 22.4. The van der Waals surface area contributed by atoms with Gasteiger partial charge in [-0.1, -0.05) is 80.9 Å². The third-order valence-corrected chi connectivity index (χ3v) is 6.06. The molecule has 0 aliphatic heterocycles. The summed E-state index contributed by atoms with van der Waals surface area (Å²) in [5.74, 6) is -0.0459. The van der Waals surface area contributed by atoms with Gasteiger partial charge in [-0.05, 0) is 66.3 Å². The zero-order chi connectivity index (χ0) is 24.9. The average Bonchev–Trinajstić information content (AvgIpc) is 2.90. The molecule has 3 rings (SSSR count). The lowest BCUT2D eigenvalue weighted by molar-refractivity contribution is 0.692. The molecular weight excluding hydrogens is 432 g/mol. The molecular formula is C29H35N6-. The monoisotopic (exact) mass is 467 g/mol. The predicted octanol–water partition coefficient (Wildman–Crippen LogP) is 7.85. The van der Waals surface area contributed by atoms with Gasteiger partial charge in [0.1, 0.15) is 0 Å². The van der Waals surface area contributed by atoms with Crippen molar-refractivity contribution < 1.29 is 0 Å². The van der Waals surface area contributed by atoms with E-state index < -0.39 is 0 Å². The molecule has 35 heavy (non-hydrogen) atoms.